The monoisotopic (exact) mass is 666 g/mol. The molecule has 0 spiro atoms. The molecule has 0 aromatic carbocycles. The third kappa shape index (κ3) is 20.5. The fourth-order valence-electron chi connectivity index (χ4n) is 3.67. The second-order valence-electron chi connectivity index (χ2n) is 9.99. The van der Waals surface area contributed by atoms with Crippen molar-refractivity contribution in [1.82, 2.24) is 24.2 Å². The van der Waals surface area contributed by atoms with Gasteiger partial charge in [-0.2, -0.15) is 4.31 Å². The number of aromatic nitrogens is 1. The molecule has 1 aromatic heterocycles. The summed E-state index contributed by atoms with van der Waals surface area (Å²) in [5.41, 5.74) is 2.33. The molecule has 1 saturated heterocycles. The standard InChI is InChI=1S/C12H20N2.C9H14N2O2.C5H14N2O3S.C2H6.C2H4.2C2H2/c1-8(2)11(5)14-12-7-9(3)6-10(4)13-12;12-6-11-5-1-2-8(11)9(13)10-7-3-4-7;1-7(2)11(9-3,10-4)6-5-8;4*1-2/h6-8,11H,1-5H3,(H,13,14);6-8H,1-5H2,(H,10,13);5H,1-4H3,(H,6,8);1-2H3;1-2H2;2*1-2H/t;8-;;;;;/m.0...../s1. The van der Waals surface area contributed by atoms with Crippen LogP contribution in [0.1, 0.15) is 71.6 Å². The molecule has 264 valence electrons. The molecule has 12 heteroatoms. The van der Waals surface area contributed by atoms with Crippen molar-refractivity contribution in [1.29, 1.82) is 0 Å². The Bertz CT molecular complexity index is 955. The third-order valence-electron chi connectivity index (χ3n) is 6.26. The first-order valence-corrected chi connectivity index (χ1v) is 16.6. The van der Waals surface area contributed by atoms with Gasteiger partial charge in [0.05, 0.1) is 14.2 Å². The van der Waals surface area contributed by atoms with E-state index < -0.39 is 11.0 Å². The first-order valence-electron chi connectivity index (χ1n) is 15.2. The Morgan fingerprint density at radius 1 is 1.04 bits per heavy atom. The second kappa shape index (κ2) is 30.1. The van der Waals surface area contributed by atoms with Crippen LogP contribution < -0.4 is 15.4 Å². The van der Waals surface area contributed by atoms with Gasteiger partial charge < -0.3 is 15.5 Å². The number of nitrogens with one attached hydrogen (secondary N) is 3. The van der Waals surface area contributed by atoms with Gasteiger partial charge in [0.2, 0.25) is 18.7 Å². The van der Waals surface area contributed by atoms with Crippen LogP contribution in [0.2, 0.25) is 0 Å². The fraction of sp³-hybridized carbons (Fsp3) is 0.588. The van der Waals surface area contributed by atoms with Crippen molar-refractivity contribution < 1.29 is 22.7 Å². The van der Waals surface area contributed by atoms with E-state index in [0.29, 0.717) is 24.4 Å². The van der Waals surface area contributed by atoms with E-state index in [1.165, 1.54) is 19.8 Å². The molecule has 3 amide bonds. The lowest BCUT2D eigenvalue weighted by atomic mass is 10.1. The van der Waals surface area contributed by atoms with Gasteiger partial charge in [-0.3, -0.25) is 22.7 Å². The molecule has 0 bridgehead atoms. The van der Waals surface area contributed by atoms with E-state index in [1.54, 1.807) is 23.3 Å². The van der Waals surface area contributed by atoms with E-state index in [9.17, 15) is 14.4 Å². The Kier molecular flexibility index (Phi) is 32.3. The van der Waals surface area contributed by atoms with E-state index in [1.807, 2.05) is 20.8 Å². The van der Waals surface area contributed by atoms with Gasteiger partial charge >= 0.3 is 0 Å². The summed E-state index contributed by atoms with van der Waals surface area (Å²) in [5, 5.41) is 6.33. The lowest BCUT2D eigenvalue weighted by Crippen LogP contribution is -2.43. The van der Waals surface area contributed by atoms with Gasteiger partial charge in [-0.05, 0) is 81.0 Å². The molecule has 3 rings (SSSR count). The largest absolute Gasteiger partial charge is 0.367 e. The lowest BCUT2D eigenvalue weighted by molar-refractivity contribution is -0.131. The smallest absolute Gasteiger partial charge is 0.243 e. The van der Waals surface area contributed by atoms with Crippen molar-refractivity contribution in [2.24, 2.45) is 5.92 Å². The van der Waals surface area contributed by atoms with Crippen molar-refractivity contribution in [3.05, 3.63) is 36.5 Å². The van der Waals surface area contributed by atoms with Gasteiger partial charge in [0.1, 0.15) is 11.9 Å². The highest BCUT2D eigenvalue weighted by atomic mass is 32.3. The van der Waals surface area contributed by atoms with Crippen LogP contribution in [-0.2, 0) is 22.7 Å². The summed E-state index contributed by atoms with van der Waals surface area (Å²) in [6.07, 6.45) is 21.3. The maximum absolute atomic E-state index is 11.6. The van der Waals surface area contributed by atoms with E-state index in [2.05, 4.69) is 99.0 Å². The summed E-state index contributed by atoms with van der Waals surface area (Å²) in [6, 6.07) is 4.83. The summed E-state index contributed by atoms with van der Waals surface area (Å²) >= 11 is 0. The van der Waals surface area contributed by atoms with E-state index >= 15 is 0 Å². The first-order chi connectivity index (χ1) is 21.9. The van der Waals surface area contributed by atoms with Gasteiger partial charge in [0.15, 0.2) is 0 Å². The first kappa shape index (κ1) is 49.3. The average Bonchev–Trinajstić information content (AvgIpc) is 3.74. The molecule has 1 unspecified atom stereocenters. The molecule has 11 nitrogen and oxygen atoms in total. The van der Waals surface area contributed by atoms with Crippen LogP contribution in [-0.4, -0.2) is 85.9 Å². The Morgan fingerprint density at radius 2 is 1.57 bits per heavy atom. The minimum absolute atomic E-state index is 0.0344. The number of hydrogen-bond donors (Lipinski definition) is 3. The van der Waals surface area contributed by atoms with Gasteiger partial charge in [-0.15, -0.1) is 38.9 Å². The summed E-state index contributed by atoms with van der Waals surface area (Å²) in [5.74, 6) is 1.65. The molecule has 2 heterocycles. The zero-order valence-electron chi connectivity index (χ0n) is 30.2. The van der Waals surface area contributed by atoms with E-state index in [0.717, 1.165) is 50.1 Å². The van der Waals surface area contributed by atoms with Crippen molar-refractivity contribution in [2.75, 3.05) is 40.2 Å². The minimum atomic E-state index is -2.02. The highest BCUT2D eigenvalue weighted by Crippen LogP contribution is 2.45. The lowest BCUT2D eigenvalue weighted by Gasteiger charge is -2.43. The number of carbonyl (C=O) groups excluding carboxylic acids is 3. The molecule has 1 aliphatic heterocycles. The molecule has 2 aliphatic rings. The molecule has 2 atom stereocenters. The Labute approximate surface area is 282 Å². The molecule has 1 saturated carbocycles. The fourth-order valence-corrected chi connectivity index (χ4v) is 4.92. The maximum Gasteiger partial charge on any atom is 0.243 e. The number of carbonyl (C=O) groups is 3. The summed E-state index contributed by atoms with van der Waals surface area (Å²) < 4.78 is 14.2. The van der Waals surface area contributed by atoms with Crippen LogP contribution in [0.15, 0.2) is 25.3 Å². The highest BCUT2D eigenvalue weighted by molar-refractivity contribution is 8.22. The molecular weight excluding hydrogens is 604 g/mol. The zero-order chi connectivity index (χ0) is 36.9. The van der Waals surface area contributed by atoms with Crippen LogP contribution >= 0.6 is 11.0 Å². The van der Waals surface area contributed by atoms with Crippen molar-refractivity contribution in [2.45, 2.75) is 92.3 Å². The van der Waals surface area contributed by atoms with Crippen LogP contribution in [0, 0.1) is 45.5 Å². The number of pyridine rings is 1. The molecule has 3 N–H and O–H groups in total. The average molecular weight is 667 g/mol. The number of aryl methyl sites for hydroxylation is 2. The number of anilines is 1. The SMILES string of the molecule is C#C.C#C.C=C.CC.COS(NC=O)(OC)N(C)C.Cc1cc(C)nc(NC(C)C(C)C)c1.O=CN1CCC[C@H]1C(=O)NC1CC1. The van der Waals surface area contributed by atoms with Crippen LogP contribution in [0.25, 0.3) is 0 Å². The Balaban J connectivity index is -0.000000260. The molecule has 2 fully saturated rings. The normalized spacial score (nSPS) is 15.2. The number of rotatable bonds is 11. The van der Waals surface area contributed by atoms with Crippen molar-refractivity contribution in [3.63, 3.8) is 0 Å². The Hall–Kier alpha value is -3.55. The molecule has 1 aromatic rings. The predicted octanol–water partition coefficient (Wildman–Crippen LogP) is 5.42. The number of terminal acetylenes is 2. The highest BCUT2D eigenvalue weighted by Gasteiger charge is 2.33. The predicted molar refractivity (Wildman–Crippen MR) is 195 cm³/mol. The van der Waals surface area contributed by atoms with Gasteiger partial charge in [0.25, 0.3) is 0 Å². The van der Waals surface area contributed by atoms with E-state index in [-0.39, 0.29) is 11.9 Å². The number of likely N-dealkylation sites (tertiary alicyclic amines) is 1. The third-order valence-corrected chi connectivity index (χ3v) is 8.52. The quantitative estimate of drug-likeness (QED) is 0.163. The summed E-state index contributed by atoms with van der Waals surface area (Å²) in [6.45, 7) is 21.5. The van der Waals surface area contributed by atoms with Gasteiger partial charge in [-0.25, -0.2) is 9.71 Å². The topological polar surface area (TPSA) is 125 Å². The Morgan fingerprint density at radius 3 is 1.91 bits per heavy atom. The summed E-state index contributed by atoms with van der Waals surface area (Å²) in [7, 11) is 4.46. The minimum Gasteiger partial charge on any atom is -0.367 e. The van der Waals surface area contributed by atoms with E-state index in [4.69, 9.17) is 8.37 Å². The van der Waals surface area contributed by atoms with Crippen molar-refractivity contribution in [3.8, 4) is 25.7 Å². The number of nitrogens with zero attached hydrogens (tertiary/aromatic N) is 3. The van der Waals surface area contributed by atoms with Crippen molar-refractivity contribution >= 4 is 35.5 Å². The van der Waals surface area contributed by atoms with Crippen LogP contribution in [0.3, 0.4) is 0 Å². The van der Waals surface area contributed by atoms with Crippen LogP contribution in [0.5, 0.6) is 0 Å². The molecule has 0 radical (unpaired) electrons. The molecule has 46 heavy (non-hydrogen) atoms. The summed E-state index contributed by atoms with van der Waals surface area (Å²) in [4.78, 5) is 38.3. The maximum atomic E-state index is 11.6. The van der Waals surface area contributed by atoms with Gasteiger partial charge in [-0.1, -0.05) is 27.7 Å². The zero-order valence-corrected chi connectivity index (χ0v) is 31.0. The molecule has 1 aliphatic carbocycles. The number of amides is 3. The molecular formula is C34H62N6O5S. The van der Waals surface area contributed by atoms with Gasteiger partial charge in [0, 0.05) is 38.4 Å². The van der Waals surface area contributed by atoms with Crippen LogP contribution in [0.4, 0.5) is 5.82 Å². The second-order valence-corrected chi connectivity index (χ2v) is 12.6. The number of hydrogen-bond acceptors (Lipinski definition) is 8.